The third-order valence-electron chi connectivity index (χ3n) is 3.31. The van der Waals surface area contributed by atoms with E-state index < -0.39 is 0 Å². The fourth-order valence-electron chi connectivity index (χ4n) is 2.30. The van der Waals surface area contributed by atoms with E-state index in [0.29, 0.717) is 0 Å². The van der Waals surface area contributed by atoms with Gasteiger partial charge in [-0.1, -0.05) is 22.0 Å². The number of nitrogens with one attached hydrogen (secondary N) is 1. The van der Waals surface area contributed by atoms with Gasteiger partial charge in [0, 0.05) is 53.6 Å². The SMILES string of the molecule is Brc1ccc2c(ccn2CCNCc2cccnc2)c1. The zero-order valence-electron chi connectivity index (χ0n) is 11.1. The second-order valence-corrected chi connectivity index (χ2v) is 5.67. The van der Waals surface area contributed by atoms with E-state index >= 15 is 0 Å². The molecule has 0 spiro atoms. The molecule has 3 aromatic rings. The summed E-state index contributed by atoms with van der Waals surface area (Å²) in [6.07, 6.45) is 5.84. The number of rotatable bonds is 5. The number of nitrogens with zero attached hydrogens (tertiary/aromatic N) is 2. The van der Waals surface area contributed by atoms with Crippen molar-refractivity contribution in [2.45, 2.75) is 13.1 Å². The van der Waals surface area contributed by atoms with Crippen LogP contribution in [0, 0.1) is 0 Å². The van der Waals surface area contributed by atoms with Crippen LogP contribution in [0.1, 0.15) is 5.56 Å². The zero-order valence-corrected chi connectivity index (χ0v) is 12.7. The van der Waals surface area contributed by atoms with Gasteiger partial charge in [-0.3, -0.25) is 4.98 Å². The molecule has 0 saturated heterocycles. The highest BCUT2D eigenvalue weighted by atomic mass is 79.9. The number of halogens is 1. The first-order valence-electron chi connectivity index (χ1n) is 6.67. The zero-order chi connectivity index (χ0) is 13.8. The van der Waals surface area contributed by atoms with Crippen LogP contribution in [0.3, 0.4) is 0 Å². The summed E-state index contributed by atoms with van der Waals surface area (Å²) < 4.78 is 3.40. The van der Waals surface area contributed by atoms with Gasteiger partial charge in [0.15, 0.2) is 0 Å². The Morgan fingerprint density at radius 3 is 3.00 bits per heavy atom. The van der Waals surface area contributed by atoms with Crippen LogP contribution in [0.4, 0.5) is 0 Å². The summed E-state index contributed by atoms with van der Waals surface area (Å²) in [5.74, 6) is 0. The van der Waals surface area contributed by atoms with Crippen LogP contribution < -0.4 is 5.32 Å². The molecule has 0 radical (unpaired) electrons. The molecule has 0 atom stereocenters. The lowest BCUT2D eigenvalue weighted by molar-refractivity contribution is 0.608. The highest BCUT2D eigenvalue weighted by Gasteiger charge is 2.01. The fraction of sp³-hybridized carbons (Fsp3) is 0.188. The van der Waals surface area contributed by atoms with E-state index in [1.165, 1.54) is 16.5 Å². The van der Waals surface area contributed by atoms with Gasteiger partial charge in [0.2, 0.25) is 0 Å². The standard InChI is InChI=1S/C16H16BrN3/c17-15-3-4-16-14(10-15)5-8-20(16)9-7-19-12-13-2-1-6-18-11-13/h1-6,8,10-11,19H,7,9,12H2. The molecule has 3 nitrogen and oxygen atoms in total. The Morgan fingerprint density at radius 2 is 2.15 bits per heavy atom. The van der Waals surface area contributed by atoms with E-state index in [9.17, 15) is 0 Å². The first-order chi connectivity index (χ1) is 9.83. The number of benzene rings is 1. The van der Waals surface area contributed by atoms with Crippen molar-refractivity contribution in [2.75, 3.05) is 6.54 Å². The Hall–Kier alpha value is -1.65. The third kappa shape index (κ3) is 3.08. The normalized spacial score (nSPS) is 11.1. The second-order valence-electron chi connectivity index (χ2n) is 4.75. The fourth-order valence-corrected chi connectivity index (χ4v) is 2.68. The topological polar surface area (TPSA) is 29.9 Å². The number of hydrogen-bond donors (Lipinski definition) is 1. The molecule has 0 bridgehead atoms. The van der Waals surface area contributed by atoms with Crippen molar-refractivity contribution in [2.24, 2.45) is 0 Å². The monoisotopic (exact) mass is 329 g/mol. The molecule has 1 aromatic carbocycles. The maximum atomic E-state index is 4.11. The van der Waals surface area contributed by atoms with E-state index in [1.54, 1.807) is 6.20 Å². The van der Waals surface area contributed by atoms with Crippen LogP contribution in [0.25, 0.3) is 10.9 Å². The first kappa shape index (κ1) is 13.3. The molecule has 0 aliphatic rings. The van der Waals surface area contributed by atoms with Gasteiger partial charge in [-0.05, 0) is 35.9 Å². The molecule has 2 aromatic heterocycles. The Morgan fingerprint density at radius 1 is 1.20 bits per heavy atom. The lowest BCUT2D eigenvalue weighted by atomic mass is 10.2. The molecular formula is C16H16BrN3. The molecular weight excluding hydrogens is 314 g/mol. The summed E-state index contributed by atoms with van der Waals surface area (Å²) in [6.45, 7) is 2.76. The van der Waals surface area contributed by atoms with Gasteiger partial charge in [-0.15, -0.1) is 0 Å². The molecule has 0 saturated carbocycles. The predicted octanol–water partition coefficient (Wildman–Crippen LogP) is 3.59. The van der Waals surface area contributed by atoms with Crippen LogP contribution in [-0.4, -0.2) is 16.1 Å². The molecule has 0 unspecified atom stereocenters. The van der Waals surface area contributed by atoms with Crippen molar-refractivity contribution in [3.63, 3.8) is 0 Å². The van der Waals surface area contributed by atoms with E-state index in [1.807, 2.05) is 12.3 Å². The van der Waals surface area contributed by atoms with Crippen LogP contribution in [0.15, 0.2) is 59.5 Å². The van der Waals surface area contributed by atoms with Gasteiger partial charge < -0.3 is 9.88 Å². The summed E-state index contributed by atoms with van der Waals surface area (Å²) in [5.41, 5.74) is 2.49. The van der Waals surface area contributed by atoms with Crippen molar-refractivity contribution >= 4 is 26.8 Å². The smallest absolute Gasteiger partial charge is 0.0481 e. The summed E-state index contributed by atoms with van der Waals surface area (Å²) in [5, 5.41) is 4.72. The minimum absolute atomic E-state index is 0.860. The molecule has 2 heterocycles. The van der Waals surface area contributed by atoms with Gasteiger partial charge in [0.1, 0.15) is 0 Å². The van der Waals surface area contributed by atoms with Crippen LogP contribution in [0.5, 0.6) is 0 Å². The highest BCUT2D eigenvalue weighted by Crippen LogP contribution is 2.20. The second kappa shape index (κ2) is 6.20. The average Bonchev–Trinajstić information content (AvgIpc) is 2.87. The van der Waals surface area contributed by atoms with E-state index in [4.69, 9.17) is 0 Å². The summed E-state index contributed by atoms with van der Waals surface area (Å²) >= 11 is 3.50. The maximum absolute atomic E-state index is 4.11. The number of aromatic nitrogens is 2. The van der Waals surface area contributed by atoms with Crippen LogP contribution in [0.2, 0.25) is 0 Å². The van der Waals surface area contributed by atoms with Crippen LogP contribution in [-0.2, 0) is 13.1 Å². The van der Waals surface area contributed by atoms with E-state index in [-0.39, 0.29) is 0 Å². The number of pyridine rings is 1. The van der Waals surface area contributed by atoms with Crippen molar-refractivity contribution < 1.29 is 0 Å². The summed E-state index contributed by atoms with van der Waals surface area (Å²) in [6, 6.07) is 12.6. The summed E-state index contributed by atoms with van der Waals surface area (Å²) in [7, 11) is 0. The van der Waals surface area contributed by atoms with Gasteiger partial charge in [0.05, 0.1) is 0 Å². The number of fused-ring (bicyclic) bond motifs is 1. The largest absolute Gasteiger partial charge is 0.346 e. The van der Waals surface area contributed by atoms with E-state index in [0.717, 1.165) is 24.1 Å². The average molecular weight is 330 g/mol. The minimum atomic E-state index is 0.860. The maximum Gasteiger partial charge on any atom is 0.0481 e. The Balaban J connectivity index is 1.58. The molecule has 3 rings (SSSR count). The summed E-state index contributed by atoms with van der Waals surface area (Å²) in [4.78, 5) is 4.11. The molecule has 20 heavy (non-hydrogen) atoms. The molecule has 1 N–H and O–H groups in total. The molecule has 0 amide bonds. The van der Waals surface area contributed by atoms with Crippen LogP contribution >= 0.6 is 15.9 Å². The minimum Gasteiger partial charge on any atom is -0.346 e. The Kier molecular flexibility index (Phi) is 4.14. The Bertz CT molecular complexity index is 691. The van der Waals surface area contributed by atoms with Gasteiger partial charge >= 0.3 is 0 Å². The first-order valence-corrected chi connectivity index (χ1v) is 7.46. The molecule has 0 fully saturated rings. The van der Waals surface area contributed by atoms with Gasteiger partial charge in [-0.2, -0.15) is 0 Å². The van der Waals surface area contributed by atoms with Gasteiger partial charge in [0.25, 0.3) is 0 Å². The molecule has 0 aliphatic heterocycles. The van der Waals surface area contributed by atoms with Crippen molar-refractivity contribution in [3.05, 3.63) is 65.0 Å². The lowest BCUT2D eigenvalue weighted by Crippen LogP contribution is -2.19. The molecule has 102 valence electrons. The predicted molar refractivity (Wildman–Crippen MR) is 85.6 cm³/mol. The van der Waals surface area contributed by atoms with E-state index in [2.05, 4.69) is 67.3 Å². The Labute approximate surface area is 126 Å². The quantitative estimate of drug-likeness (QED) is 0.725. The number of hydrogen-bond acceptors (Lipinski definition) is 2. The highest BCUT2D eigenvalue weighted by molar-refractivity contribution is 9.10. The molecule has 0 aliphatic carbocycles. The third-order valence-corrected chi connectivity index (χ3v) is 3.81. The van der Waals surface area contributed by atoms with Crippen molar-refractivity contribution in [3.8, 4) is 0 Å². The van der Waals surface area contributed by atoms with Crippen molar-refractivity contribution in [1.29, 1.82) is 0 Å². The van der Waals surface area contributed by atoms with Crippen molar-refractivity contribution in [1.82, 2.24) is 14.9 Å². The van der Waals surface area contributed by atoms with Gasteiger partial charge in [-0.25, -0.2) is 0 Å². The molecule has 4 heteroatoms. The lowest BCUT2D eigenvalue weighted by Gasteiger charge is -2.07.